The van der Waals surface area contributed by atoms with Crippen molar-refractivity contribution in [3.8, 4) is 0 Å². The Kier molecular flexibility index (Phi) is 3.77. The maximum atomic E-state index is 2.37. The zero-order chi connectivity index (χ0) is 9.84. The smallest absolute Gasteiger partial charge is 0.0200 e. The minimum Gasteiger partial charge on any atom is -0.0842 e. The van der Waals surface area contributed by atoms with Crippen LogP contribution in [0.4, 0.5) is 0 Å². The molecule has 0 radical (unpaired) electrons. The highest BCUT2D eigenvalue weighted by atomic mass is 14.2. The van der Waals surface area contributed by atoms with Gasteiger partial charge < -0.3 is 0 Å². The average Bonchev–Trinajstić information content (AvgIpc) is 2.17. The second-order valence-corrected chi connectivity index (χ2v) is 4.60. The van der Waals surface area contributed by atoms with Crippen LogP contribution in [0.1, 0.15) is 40.5 Å². The molecule has 0 aromatic heterocycles. The van der Waals surface area contributed by atoms with Crippen molar-refractivity contribution in [1.82, 2.24) is 0 Å². The molecule has 0 unspecified atom stereocenters. The Balaban J connectivity index is 2.60. The van der Waals surface area contributed by atoms with Crippen molar-refractivity contribution in [2.45, 2.75) is 40.5 Å². The number of allylic oxidation sites excluding steroid dienone is 4. The predicted octanol–water partition coefficient (Wildman–Crippen LogP) is 4.19. The van der Waals surface area contributed by atoms with Crippen LogP contribution in [-0.2, 0) is 0 Å². The molecule has 0 heteroatoms. The molecule has 1 aliphatic carbocycles. The van der Waals surface area contributed by atoms with Gasteiger partial charge in [0.15, 0.2) is 0 Å². The number of rotatable bonds is 3. The van der Waals surface area contributed by atoms with E-state index in [2.05, 4.69) is 45.9 Å². The molecule has 0 nitrogen and oxygen atoms in total. The highest BCUT2D eigenvalue weighted by molar-refractivity contribution is 5.20. The summed E-state index contributed by atoms with van der Waals surface area (Å²) in [5.74, 6) is 2.35. The number of hydrogen-bond acceptors (Lipinski definition) is 0. The lowest BCUT2D eigenvalue weighted by atomic mass is 9.79. The Bertz CT molecular complexity index is 208. The van der Waals surface area contributed by atoms with Crippen molar-refractivity contribution in [2.75, 3.05) is 0 Å². The van der Waals surface area contributed by atoms with E-state index in [9.17, 15) is 0 Å². The average molecular weight is 178 g/mol. The monoisotopic (exact) mass is 178 g/mol. The van der Waals surface area contributed by atoms with Gasteiger partial charge in [-0.25, -0.2) is 0 Å². The van der Waals surface area contributed by atoms with E-state index in [1.807, 2.05) is 0 Å². The standard InChI is InChI=1S/C13H22/c1-10(2)11(3)12(4)13-8-6-5-7-9-13/h5-6,8,10-12H,7,9H2,1-4H3/t11-,12+/m0/s1. The zero-order valence-electron chi connectivity index (χ0n) is 9.38. The molecule has 0 aliphatic heterocycles. The van der Waals surface area contributed by atoms with Crippen LogP contribution < -0.4 is 0 Å². The number of hydrogen-bond donors (Lipinski definition) is 0. The summed E-state index contributed by atoms with van der Waals surface area (Å²) in [4.78, 5) is 0. The molecular formula is C13H22. The van der Waals surface area contributed by atoms with Gasteiger partial charge in [-0.05, 0) is 30.6 Å². The van der Waals surface area contributed by atoms with Crippen LogP contribution in [0.3, 0.4) is 0 Å². The molecule has 0 aromatic rings. The quantitative estimate of drug-likeness (QED) is 0.608. The minimum atomic E-state index is 0.755. The summed E-state index contributed by atoms with van der Waals surface area (Å²) < 4.78 is 0. The Labute approximate surface area is 82.7 Å². The Morgan fingerprint density at radius 2 is 1.85 bits per heavy atom. The second kappa shape index (κ2) is 4.64. The van der Waals surface area contributed by atoms with E-state index in [0.717, 1.165) is 17.8 Å². The van der Waals surface area contributed by atoms with E-state index in [0.29, 0.717) is 0 Å². The van der Waals surface area contributed by atoms with Crippen LogP contribution in [0.2, 0.25) is 0 Å². The topological polar surface area (TPSA) is 0 Å². The third-order valence-corrected chi connectivity index (χ3v) is 3.47. The van der Waals surface area contributed by atoms with Crippen molar-refractivity contribution in [2.24, 2.45) is 17.8 Å². The van der Waals surface area contributed by atoms with Crippen LogP contribution in [0.25, 0.3) is 0 Å². The normalized spacial score (nSPS) is 21.5. The van der Waals surface area contributed by atoms with Gasteiger partial charge in [0.05, 0.1) is 0 Å². The molecule has 0 amide bonds. The molecule has 0 heterocycles. The van der Waals surface area contributed by atoms with Crippen LogP contribution in [0.5, 0.6) is 0 Å². The lowest BCUT2D eigenvalue weighted by molar-refractivity contribution is 0.325. The van der Waals surface area contributed by atoms with E-state index in [4.69, 9.17) is 0 Å². The predicted molar refractivity (Wildman–Crippen MR) is 59.6 cm³/mol. The molecule has 13 heavy (non-hydrogen) atoms. The molecule has 0 bridgehead atoms. The van der Waals surface area contributed by atoms with Gasteiger partial charge in [-0.1, -0.05) is 51.5 Å². The Hall–Kier alpha value is -0.520. The van der Waals surface area contributed by atoms with Crippen molar-refractivity contribution in [1.29, 1.82) is 0 Å². The first-order chi connectivity index (χ1) is 6.13. The molecule has 0 spiro atoms. The molecular weight excluding hydrogens is 156 g/mol. The summed E-state index contributed by atoms with van der Waals surface area (Å²) in [6.45, 7) is 9.38. The molecule has 0 N–H and O–H groups in total. The first kappa shape index (κ1) is 10.6. The van der Waals surface area contributed by atoms with Crippen LogP contribution in [-0.4, -0.2) is 0 Å². The van der Waals surface area contributed by atoms with Crippen molar-refractivity contribution < 1.29 is 0 Å². The summed E-state index contributed by atoms with van der Waals surface area (Å²) in [5, 5.41) is 0. The Morgan fingerprint density at radius 1 is 1.15 bits per heavy atom. The maximum Gasteiger partial charge on any atom is -0.0200 e. The third kappa shape index (κ3) is 2.72. The lowest BCUT2D eigenvalue weighted by Gasteiger charge is -2.26. The van der Waals surface area contributed by atoms with Crippen molar-refractivity contribution in [3.63, 3.8) is 0 Å². The van der Waals surface area contributed by atoms with E-state index >= 15 is 0 Å². The zero-order valence-corrected chi connectivity index (χ0v) is 9.38. The van der Waals surface area contributed by atoms with Crippen LogP contribution >= 0.6 is 0 Å². The summed E-state index contributed by atoms with van der Waals surface area (Å²) in [6, 6.07) is 0. The summed E-state index contributed by atoms with van der Waals surface area (Å²) in [6.07, 6.45) is 9.29. The molecule has 0 saturated carbocycles. The molecule has 0 aromatic carbocycles. The minimum absolute atomic E-state index is 0.755. The van der Waals surface area contributed by atoms with Gasteiger partial charge >= 0.3 is 0 Å². The van der Waals surface area contributed by atoms with Crippen LogP contribution in [0.15, 0.2) is 23.8 Å². The molecule has 1 rings (SSSR count). The van der Waals surface area contributed by atoms with E-state index in [1.54, 1.807) is 5.57 Å². The molecule has 1 aliphatic rings. The summed E-state index contributed by atoms with van der Waals surface area (Å²) in [7, 11) is 0. The van der Waals surface area contributed by atoms with Gasteiger partial charge in [0, 0.05) is 0 Å². The molecule has 74 valence electrons. The SMILES string of the molecule is CC(C)[C@H](C)[C@@H](C)C1=CC=CCC1. The first-order valence-electron chi connectivity index (χ1n) is 5.48. The largest absolute Gasteiger partial charge is 0.0842 e. The fraction of sp³-hybridized carbons (Fsp3) is 0.692. The second-order valence-electron chi connectivity index (χ2n) is 4.60. The van der Waals surface area contributed by atoms with Gasteiger partial charge in [0.1, 0.15) is 0 Å². The molecule has 0 fully saturated rings. The lowest BCUT2D eigenvalue weighted by Crippen LogP contribution is -2.16. The maximum absolute atomic E-state index is 2.37. The first-order valence-corrected chi connectivity index (χ1v) is 5.48. The fourth-order valence-corrected chi connectivity index (χ4v) is 1.92. The van der Waals surface area contributed by atoms with Crippen molar-refractivity contribution in [3.05, 3.63) is 23.8 Å². The third-order valence-electron chi connectivity index (χ3n) is 3.47. The van der Waals surface area contributed by atoms with E-state index in [-0.39, 0.29) is 0 Å². The highest BCUT2D eigenvalue weighted by Gasteiger charge is 2.19. The van der Waals surface area contributed by atoms with Crippen molar-refractivity contribution >= 4 is 0 Å². The summed E-state index contributed by atoms with van der Waals surface area (Å²) in [5.41, 5.74) is 1.64. The van der Waals surface area contributed by atoms with Crippen LogP contribution in [0, 0.1) is 17.8 Å². The van der Waals surface area contributed by atoms with Gasteiger partial charge in [0.25, 0.3) is 0 Å². The molecule has 0 saturated heterocycles. The van der Waals surface area contributed by atoms with E-state index in [1.165, 1.54) is 12.8 Å². The fourth-order valence-electron chi connectivity index (χ4n) is 1.92. The van der Waals surface area contributed by atoms with Gasteiger partial charge in [-0.15, -0.1) is 0 Å². The van der Waals surface area contributed by atoms with Gasteiger partial charge in [-0.3, -0.25) is 0 Å². The summed E-state index contributed by atoms with van der Waals surface area (Å²) >= 11 is 0. The Morgan fingerprint density at radius 3 is 2.31 bits per heavy atom. The molecule has 2 atom stereocenters. The van der Waals surface area contributed by atoms with E-state index < -0.39 is 0 Å². The highest BCUT2D eigenvalue weighted by Crippen LogP contribution is 2.30. The van der Waals surface area contributed by atoms with Gasteiger partial charge in [-0.2, -0.15) is 0 Å². The van der Waals surface area contributed by atoms with Gasteiger partial charge in [0.2, 0.25) is 0 Å².